The Bertz CT molecular complexity index is 740. The maximum Gasteiger partial charge on any atom is 0.269 e. The van der Waals surface area contributed by atoms with Crippen LogP contribution in [0.5, 0.6) is 0 Å². The minimum Gasteiger partial charge on any atom is -0.396 e. The maximum absolute atomic E-state index is 12.2. The van der Waals surface area contributed by atoms with Gasteiger partial charge in [-0.3, -0.25) is 14.2 Å². The zero-order valence-electron chi connectivity index (χ0n) is 14.2. The van der Waals surface area contributed by atoms with Gasteiger partial charge < -0.3 is 10.4 Å². The number of fused-ring (bicyclic) bond motifs is 1. The summed E-state index contributed by atoms with van der Waals surface area (Å²) in [6.45, 7) is 4.83. The molecule has 2 N–H and O–H groups in total. The Morgan fingerprint density at radius 2 is 2.08 bits per heavy atom. The Labute approximate surface area is 141 Å². The number of benzene rings is 1. The first-order chi connectivity index (χ1) is 11.5. The molecular weight excluding hydrogens is 306 g/mol. The van der Waals surface area contributed by atoms with E-state index in [1.54, 1.807) is 6.07 Å². The highest BCUT2D eigenvalue weighted by Crippen LogP contribution is 2.14. The molecule has 130 valence electrons. The molecule has 0 saturated carbocycles. The van der Waals surface area contributed by atoms with Gasteiger partial charge in [-0.1, -0.05) is 26.0 Å². The Morgan fingerprint density at radius 3 is 2.79 bits per heavy atom. The fourth-order valence-corrected chi connectivity index (χ4v) is 2.89. The zero-order chi connectivity index (χ0) is 17.5. The van der Waals surface area contributed by atoms with Crippen LogP contribution in [0.4, 0.5) is 0 Å². The molecule has 1 heterocycles. The summed E-state index contributed by atoms with van der Waals surface area (Å²) < 4.78 is 1.43. The van der Waals surface area contributed by atoms with E-state index in [-0.39, 0.29) is 30.5 Å². The van der Waals surface area contributed by atoms with Crippen molar-refractivity contribution < 1.29 is 9.90 Å². The smallest absolute Gasteiger partial charge is 0.269 e. The SMILES string of the molecule is CC(C)CC(CCO)CNC(=O)Cn1c(=O)cnc2ccccc21. The highest BCUT2D eigenvalue weighted by molar-refractivity contribution is 5.79. The van der Waals surface area contributed by atoms with Crippen LogP contribution >= 0.6 is 0 Å². The van der Waals surface area contributed by atoms with E-state index in [0.29, 0.717) is 29.9 Å². The zero-order valence-corrected chi connectivity index (χ0v) is 14.2. The normalized spacial score (nSPS) is 12.5. The summed E-state index contributed by atoms with van der Waals surface area (Å²) >= 11 is 0. The van der Waals surface area contributed by atoms with Crippen molar-refractivity contribution in [1.82, 2.24) is 14.9 Å². The summed E-state index contributed by atoms with van der Waals surface area (Å²) in [5.41, 5.74) is 1.04. The van der Waals surface area contributed by atoms with Crippen molar-refractivity contribution in [1.29, 1.82) is 0 Å². The highest BCUT2D eigenvalue weighted by atomic mass is 16.3. The Hall–Kier alpha value is -2.21. The molecule has 1 atom stereocenters. The van der Waals surface area contributed by atoms with Crippen molar-refractivity contribution in [2.75, 3.05) is 13.2 Å². The van der Waals surface area contributed by atoms with Gasteiger partial charge in [0.25, 0.3) is 5.56 Å². The van der Waals surface area contributed by atoms with Gasteiger partial charge in [-0.15, -0.1) is 0 Å². The molecule has 0 saturated heterocycles. The van der Waals surface area contributed by atoms with Crippen LogP contribution in [0, 0.1) is 11.8 Å². The second-order valence-corrected chi connectivity index (χ2v) is 6.48. The number of hydrogen-bond donors (Lipinski definition) is 2. The van der Waals surface area contributed by atoms with Crippen LogP contribution in [0.3, 0.4) is 0 Å². The minimum atomic E-state index is -0.294. The molecule has 1 unspecified atom stereocenters. The fourth-order valence-electron chi connectivity index (χ4n) is 2.89. The van der Waals surface area contributed by atoms with Crippen LogP contribution in [0.25, 0.3) is 11.0 Å². The number of nitrogens with zero attached hydrogens (tertiary/aromatic N) is 2. The Kier molecular flexibility index (Phi) is 6.49. The maximum atomic E-state index is 12.2. The average Bonchev–Trinajstić information content (AvgIpc) is 2.55. The minimum absolute atomic E-state index is 0.0324. The molecular formula is C18H25N3O3. The van der Waals surface area contributed by atoms with Crippen LogP contribution in [-0.2, 0) is 11.3 Å². The second kappa shape index (κ2) is 8.59. The van der Waals surface area contributed by atoms with Gasteiger partial charge in [-0.25, -0.2) is 4.98 Å². The van der Waals surface area contributed by atoms with Gasteiger partial charge in [0, 0.05) is 13.2 Å². The van der Waals surface area contributed by atoms with E-state index < -0.39 is 0 Å². The number of aromatic nitrogens is 2. The molecule has 0 aliphatic rings. The van der Waals surface area contributed by atoms with Crippen molar-refractivity contribution in [2.45, 2.75) is 33.2 Å². The number of carbonyl (C=O) groups excluding carboxylic acids is 1. The number of para-hydroxylation sites is 2. The molecule has 24 heavy (non-hydrogen) atoms. The molecule has 0 aliphatic heterocycles. The molecule has 2 aromatic rings. The number of nitrogens with one attached hydrogen (secondary N) is 1. The molecule has 0 fully saturated rings. The largest absolute Gasteiger partial charge is 0.396 e. The lowest BCUT2D eigenvalue weighted by Gasteiger charge is -2.19. The molecule has 6 heteroatoms. The van der Waals surface area contributed by atoms with Gasteiger partial charge in [-0.2, -0.15) is 0 Å². The average molecular weight is 331 g/mol. The van der Waals surface area contributed by atoms with Crippen LogP contribution in [0.1, 0.15) is 26.7 Å². The number of aliphatic hydroxyl groups excluding tert-OH is 1. The number of rotatable bonds is 8. The predicted molar refractivity (Wildman–Crippen MR) is 93.7 cm³/mol. The summed E-state index contributed by atoms with van der Waals surface area (Å²) in [6, 6.07) is 7.25. The molecule has 0 spiro atoms. The quantitative estimate of drug-likeness (QED) is 0.769. The number of aliphatic hydroxyl groups is 1. The third kappa shape index (κ3) is 4.89. The molecule has 6 nitrogen and oxygen atoms in total. The molecule has 1 aromatic heterocycles. The standard InChI is InChI=1S/C18H25N3O3/c1-13(2)9-14(7-8-22)10-20-17(23)12-21-16-6-4-3-5-15(16)19-11-18(21)24/h3-6,11,13-14,22H,7-10,12H2,1-2H3,(H,20,23). The van der Waals surface area contributed by atoms with E-state index in [9.17, 15) is 9.59 Å². The summed E-state index contributed by atoms with van der Waals surface area (Å²) in [5, 5.41) is 12.0. The highest BCUT2D eigenvalue weighted by Gasteiger charge is 2.13. The van der Waals surface area contributed by atoms with Crippen molar-refractivity contribution in [3.8, 4) is 0 Å². The van der Waals surface area contributed by atoms with Crippen molar-refractivity contribution in [2.24, 2.45) is 11.8 Å². The first-order valence-corrected chi connectivity index (χ1v) is 8.33. The van der Waals surface area contributed by atoms with Gasteiger partial charge in [-0.05, 0) is 36.8 Å². The lowest BCUT2D eigenvalue weighted by atomic mass is 9.94. The van der Waals surface area contributed by atoms with Gasteiger partial charge in [0.05, 0.1) is 17.2 Å². The topological polar surface area (TPSA) is 84.2 Å². The van der Waals surface area contributed by atoms with Gasteiger partial charge in [0.2, 0.25) is 5.91 Å². The first-order valence-electron chi connectivity index (χ1n) is 8.33. The van der Waals surface area contributed by atoms with E-state index in [1.165, 1.54) is 10.8 Å². The molecule has 0 radical (unpaired) electrons. The molecule has 1 aromatic carbocycles. The third-order valence-corrected chi connectivity index (χ3v) is 3.98. The molecule has 0 aliphatic carbocycles. The molecule has 0 bridgehead atoms. The monoisotopic (exact) mass is 331 g/mol. The van der Waals surface area contributed by atoms with E-state index in [4.69, 9.17) is 5.11 Å². The van der Waals surface area contributed by atoms with Gasteiger partial charge in [0.15, 0.2) is 0 Å². The third-order valence-electron chi connectivity index (χ3n) is 3.98. The van der Waals surface area contributed by atoms with Crippen LogP contribution in [-0.4, -0.2) is 33.7 Å². The number of carbonyl (C=O) groups is 1. The predicted octanol–water partition coefficient (Wildman–Crippen LogP) is 1.56. The lowest BCUT2D eigenvalue weighted by molar-refractivity contribution is -0.121. The van der Waals surface area contributed by atoms with Crippen molar-refractivity contribution in [3.63, 3.8) is 0 Å². The van der Waals surface area contributed by atoms with Crippen LogP contribution in [0.15, 0.2) is 35.3 Å². The fraction of sp³-hybridized carbons (Fsp3) is 0.500. The van der Waals surface area contributed by atoms with E-state index in [0.717, 1.165) is 6.42 Å². The van der Waals surface area contributed by atoms with Gasteiger partial charge in [0.1, 0.15) is 6.54 Å². The summed E-state index contributed by atoms with van der Waals surface area (Å²) in [6.07, 6.45) is 2.85. The van der Waals surface area contributed by atoms with Gasteiger partial charge >= 0.3 is 0 Å². The lowest BCUT2D eigenvalue weighted by Crippen LogP contribution is -2.35. The molecule has 1 amide bonds. The number of amides is 1. The van der Waals surface area contributed by atoms with E-state index >= 15 is 0 Å². The Morgan fingerprint density at radius 1 is 1.33 bits per heavy atom. The van der Waals surface area contributed by atoms with E-state index in [2.05, 4.69) is 24.1 Å². The van der Waals surface area contributed by atoms with Crippen LogP contribution in [0.2, 0.25) is 0 Å². The summed E-state index contributed by atoms with van der Waals surface area (Å²) in [7, 11) is 0. The molecule has 2 rings (SSSR count). The summed E-state index contributed by atoms with van der Waals surface area (Å²) in [4.78, 5) is 28.4. The summed E-state index contributed by atoms with van der Waals surface area (Å²) in [5.74, 6) is 0.537. The number of hydrogen-bond acceptors (Lipinski definition) is 4. The van der Waals surface area contributed by atoms with Crippen molar-refractivity contribution >= 4 is 16.9 Å². The Balaban J connectivity index is 2.05. The second-order valence-electron chi connectivity index (χ2n) is 6.48. The van der Waals surface area contributed by atoms with E-state index in [1.807, 2.05) is 18.2 Å². The first kappa shape index (κ1) is 18.1. The van der Waals surface area contributed by atoms with Crippen molar-refractivity contribution in [3.05, 3.63) is 40.8 Å². The van der Waals surface area contributed by atoms with Crippen LogP contribution < -0.4 is 10.9 Å².